The Balaban J connectivity index is 1.42. The highest BCUT2D eigenvalue weighted by Crippen LogP contribution is 2.27. The van der Waals surface area contributed by atoms with Crippen molar-refractivity contribution < 1.29 is 0 Å². The molecule has 0 radical (unpaired) electrons. The second-order valence-electron chi connectivity index (χ2n) is 6.48. The van der Waals surface area contributed by atoms with E-state index in [9.17, 15) is 4.79 Å². The summed E-state index contributed by atoms with van der Waals surface area (Å²) < 4.78 is 1.59. The van der Waals surface area contributed by atoms with E-state index in [-0.39, 0.29) is 5.56 Å². The summed E-state index contributed by atoms with van der Waals surface area (Å²) in [7, 11) is 0. The summed E-state index contributed by atoms with van der Waals surface area (Å²) in [5, 5.41) is 4.30. The first kappa shape index (κ1) is 14.7. The van der Waals surface area contributed by atoms with E-state index in [0.717, 1.165) is 31.2 Å². The summed E-state index contributed by atoms with van der Waals surface area (Å²) in [6.07, 6.45) is 4.30. The predicted molar refractivity (Wildman–Crippen MR) is 83.5 cm³/mol. The Morgan fingerprint density at radius 3 is 2.48 bits per heavy atom. The third-order valence-electron chi connectivity index (χ3n) is 4.83. The Kier molecular flexibility index (Phi) is 4.70. The Morgan fingerprint density at radius 2 is 1.81 bits per heavy atom. The Labute approximate surface area is 126 Å². The maximum atomic E-state index is 11.7. The second-order valence-corrected chi connectivity index (χ2v) is 6.48. The minimum atomic E-state index is 0.00391. The molecule has 0 aromatic carbocycles. The van der Waals surface area contributed by atoms with Crippen LogP contribution in [0, 0.1) is 12.8 Å². The summed E-state index contributed by atoms with van der Waals surface area (Å²) in [6.45, 7) is 9.43. The largest absolute Gasteiger partial charge is 0.301 e. The van der Waals surface area contributed by atoms with Crippen LogP contribution >= 0.6 is 0 Å². The number of aromatic nitrogens is 2. The van der Waals surface area contributed by atoms with Gasteiger partial charge in [0.15, 0.2) is 0 Å². The SMILES string of the molecule is Cc1ccc(=O)n(CCN2CCN(CC3CCC3)CC2)n1. The fourth-order valence-electron chi connectivity index (χ4n) is 3.18. The van der Waals surface area contributed by atoms with Gasteiger partial charge < -0.3 is 4.90 Å². The summed E-state index contributed by atoms with van der Waals surface area (Å²) in [5.41, 5.74) is 0.907. The van der Waals surface area contributed by atoms with Gasteiger partial charge in [-0.3, -0.25) is 9.69 Å². The maximum Gasteiger partial charge on any atom is 0.266 e. The highest BCUT2D eigenvalue weighted by atomic mass is 16.1. The minimum Gasteiger partial charge on any atom is -0.301 e. The van der Waals surface area contributed by atoms with Gasteiger partial charge in [0.2, 0.25) is 0 Å². The molecule has 1 aliphatic carbocycles. The predicted octanol–water partition coefficient (Wildman–Crippen LogP) is 0.969. The molecule has 0 atom stereocenters. The molecule has 1 saturated carbocycles. The molecule has 1 aromatic heterocycles. The zero-order chi connectivity index (χ0) is 14.7. The fraction of sp³-hybridized carbons (Fsp3) is 0.750. The van der Waals surface area contributed by atoms with Crippen molar-refractivity contribution in [3.8, 4) is 0 Å². The molecule has 2 fully saturated rings. The average molecular weight is 290 g/mol. The summed E-state index contributed by atoms with van der Waals surface area (Å²) in [4.78, 5) is 16.8. The van der Waals surface area contributed by atoms with Crippen LogP contribution in [0.25, 0.3) is 0 Å². The third-order valence-corrected chi connectivity index (χ3v) is 4.83. The van der Waals surface area contributed by atoms with Crippen LogP contribution in [0.1, 0.15) is 25.0 Å². The first-order chi connectivity index (χ1) is 10.2. The molecule has 2 heterocycles. The summed E-state index contributed by atoms with van der Waals surface area (Å²) in [6, 6.07) is 3.39. The quantitative estimate of drug-likeness (QED) is 0.810. The second kappa shape index (κ2) is 6.71. The molecule has 116 valence electrons. The number of rotatable bonds is 5. The molecule has 5 nitrogen and oxygen atoms in total. The van der Waals surface area contributed by atoms with Crippen molar-refractivity contribution in [2.45, 2.75) is 32.7 Å². The zero-order valence-corrected chi connectivity index (χ0v) is 13.0. The van der Waals surface area contributed by atoms with Gasteiger partial charge in [-0.25, -0.2) is 4.68 Å². The van der Waals surface area contributed by atoms with Crippen LogP contribution in [0.15, 0.2) is 16.9 Å². The van der Waals surface area contributed by atoms with Crippen molar-refractivity contribution in [3.63, 3.8) is 0 Å². The van der Waals surface area contributed by atoms with E-state index in [1.54, 1.807) is 16.8 Å². The lowest BCUT2D eigenvalue weighted by molar-refractivity contribution is 0.0976. The molecule has 0 unspecified atom stereocenters. The van der Waals surface area contributed by atoms with Crippen LogP contribution in [0.5, 0.6) is 0 Å². The van der Waals surface area contributed by atoms with Crippen LogP contribution in [-0.2, 0) is 6.54 Å². The Morgan fingerprint density at radius 1 is 1.10 bits per heavy atom. The monoisotopic (exact) mass is 290 g/mol. The van der Waals surface area contributed by atoms with Gasteiger partial charge in [0, 0.05) is 45.3 Å². The van der Waals surface area contributed by atoms with Crippen molar-refractivity contribution >= 4 is 0 Å². The molecule has 0 N–H and O–H groups in total. The van der Waals surface area contributed by atoms with Crippen molar-refractivity contribution in [2.24, 2.45) is 5.92 Å². The van der Waals surface area contributed by atoms with Gasteiger partial charge in [0.05, 0.1) is 12.2 Å². The van der Waals surface area contributed by atoms with E-state index in [2.05, 4.69) is 14.9 Å². The zero-order valence-electron chi connectivity index (χ0n) is 13.0. The van der Waals surface area contributed by atoms with Crippen LogP contribution < -0.4 is 5.56 Å². The lowest BCUT2D eigenvalue weighted by Crippen LogP contribution is -2.49. The molecular formula is C16H26N4O. The van der Waals surface area contributed by atoms with Crippen molar-refractivity contribution in [1.29, 1.82) is 0 Å². The molecule has 1 aliphatic heterocycles. The van der Waals surface area contributed by atoms with Gasteiger partial charge in [-0.2, -0.15) is 5.10 Å². The standard InChI is InChI=1S/C16H26N4O/c1-14-5-6-16(21)20(17-14)12-11-18-7-9-19(10-8-18)13-15-3-2-4-15/h5-6,15H,2-4,7-13H2,1H3. The number of aryl methyl sites for hydroxylation is 1. The molecule has 5 heteroatoms. The summed E-state index contributed by atoms with van der Waals surface area (Å²) in [5.74, 6) is 0.964. The van der Waals surface area contributed by atoms with E-state index < -0.39 is 0 Å². The maximum absolute atomic E-state index is 11.7. The van der Waals surface area contributed by atoms with Gasteiger partial charge in [-0.05, 0) is 31.7 Å². The Hall–Kier alpha value is -1.20. The fourth-order valence-corrected chi connectivity index (χ4v) is 3.18. The molecule has 0 spiro atoms. The molecule has 3 rings (SSSR count). The highest BCUT2D eigenvalue weighted by Gasteiger charge is 2.23. The highest BCUT2D eigenvalue weighted by molar-refractivity contribution is 4.97. The molecule has 0 bridgehead atoms. The van der Waals surface area contributed by atoms with Crippen molar-refractivity contribution in [3.05, 3.63) is 28.2 Å². The lowest BCUT2D eigenvalue weighted by atomic mass is 9.85. The van der Waals surface area contributed by atoms with Crippen molar-refractivity contribution in [1.82, 2.24) is 19.6 Å². The number of hydrogen-bond donors (Lipinski definition) is 0. The van der Waals surface area contributed by atoms with Gasteiger partial charge in [-0.1, -0.05) is 6.42 Å². The van der Waals surface area contributed by atoms with Crippen LogP contribution in [0.4, 0.5) is 0 Å². The average Bonchev–Trinajstić information content (AvgIpc) is 2.45. The molecular weight excluding hydrogens is 264 g/mol. The van der Waals surface area contributed by atoms with E-state index in [4.69, 9.17) is 0 Å². The van der Waals surface area contributed by atoms with E-state index in [0.29, 0.717) is 6.54 Å². The molecule has 0 amide bonds. The third kappa shape index (κ3) is 3.92. The minimum absolute atomic E-state index is 0.00391. The normalized spacial score (nSPS) is 21.4. The molecule has 2 aliphatic rings. The van der Waals surface area contributed by atoms with Gasteiger partial charge >= 0.3 is 0 Å². The molecule has 21 heavy (non-hydrogen) atoms. The van der Waals surface area contributed by atoms with Crippen molar-refractivity contribution in [2.75, 3.05) is 39.3 Å². The first-order valence-corrected chi connectivity index (χ1v) is 8.20. The number of piperazine rings is 1. The molecule has 1 saturated heterocycles. The number of nitrogens with zero attached hydrogens (tertiary/aromatic N) is 4. The van der Waals surface area contributed by atoms with Crippen LogP contribution in [0.2, 0.25) is 0 Å². The lowest BCUT2D eigenvalue weighted by Gasteiger charge is -2.38. The summed E-state index contributed by atoms with van der Waals surface area (Å²) >= 11 is 0. The van der Waals surface area contributed by atoms with Gasteiger partial charge in [-0.15, -0.1) is 0 Å². The Bertz CT molecular complexity index is 515. The smallest absolute Gasteiger partial charge is 0.266 e. The van der Waals surface area contributed by atoms with Crippen LogP contribution in [-0.4, -0.2) is 58.8 Å². The molecule has 1 aromatic rings. The topological polar surface area (TPSA) is 41.4 Å². The van der Waals surface area contributed by atoms with Gasteiger partial charge in [0.1, 0.15) is 0 Å². The first-order valence-electron chi connectivity index (χ1n) is 8.20. The van der Waals surface area contributed by atoms with Crippen LogP contribution in [0.3, 0.4) is 0 Å². The van der Waals surface area contributed by atoms with Gasteiger partial charge in [0.25, 0.3) is 5.56 Å². The van der Waals surface area contributed by atoms with E-state index in [1.165, 1.54) is 38.9 Å². The number of hydrogen-bond acceptors (Lipinski definition) is 4. The van der Waals surface area contributed by atoms with E-state index in [1.807, 2.05) is 6.92 Å². The van der Waals surface area contributed by atoms with E-state index >= 15 is 0 Å².